The first-order valence-corrected chi connectivity index (χ1v) is 18.6. The van der Waals surface area contributed by atoms with E-state index in [-0.39, 0.29) is 24.2 Å². The minimum Gasteiger partial charge on any atom is -0.254 e. The Balaban J connectivity index is 1.21. The van der Waals surface area contributed by atoms with Gasteiger partial charge in [-0.15, -0.1) is 0 Å². The smallest absolute Gasteiger partial charge is 0.236 e. The van der Waals surface area contributed by atoms with Crippen LogP contribution < -0.4 is 0 Å². The van der Waals surface area contributed by atoms with Gasteiger partial charge in [0, 0.05) is 22.3 Å². The molecule has 0 aliphatic carbocycles. The van der Waals surface area contributed by atoms with Gasteiger partial charge in [0.25, 0.3) is 0 Å². The molecule has 2 heteroatoms. The molecular formula is C49H41N2+. The Morgan fingerprint density at radius 2 is 0.667 bits per heavy atom. The third kappa shape index (κ3) is 5.12. The zero-order valence-corrected chi connectivity index (χ0v) is 28.8. The van der Waals surface area contributed by atoms with E-state index in [0.29, 0.717) is 0 Å². The molecule has 4 atom stereocenters. The second-order valence-electron chi connectivity index (χ2n) is 14.5. The summed E-state index contributed by atoms with van der Waals surface area (Å²) in [5, 5.41) is 10.7. The van der Waals surface area contributed by atoms with E-state index in [1.165, 1.54) is 65.3 Å². The molecule has 8 aromatic carbocycles. The van der Waals surface area contributed by atoms with Crippen LogP contribution in [-0.4, -0.2) is 15.8 Å². The van der Waals surface area contributed by atoms with Crippen molar-refractivity contribution in [2.75, 3.05) is 0 Å². The number of fused-ring (bicyclic) bond motifs is 4. The van der Waals surface area contributed by atoms with Gasteiger partial charge in [-0.3, -0.25) is 9.48 Å². The lowest BCUT2D eigenvalue weighted by molar-refractivity contribution is -0.590. The summed E-state index contributed by atoms with van der Waals surface area (Å²) in [4.78, 5) is 2.77. The summed E-state index contributed by atoms with van der Waals surface area (Å²) in [5.74, 6) is 0. The highest BCUT2D eigenvalue weighted by molar-refractivity contribution is 5.89. The molecule has 0 saturated carbocycles. The van der Waals surface area contributed by atoms with Crippen LogP contribution in [0.25, 0.3) is 43.1 Å². The maximum atomic E-state index is 2.77. The standard InChI is InChI=1S/C49H41N2/c1-5-21-38-34(13-1)17-9-25-42(38)46-29-30-47(43-26-10-18-35-14-2-6-22-39(35)43)50(46)33-51-48(44-27-11-19-36-15-3-7-23-40(36)44)31-32-49(51)45-28-12-20-37-16-4-8-24-41(37)45/h1-28,33,46-49H,29-32H2/q+1/t46-,47-,48-,49?/m0/s1. The molecule has 2 heterocycles. The van der Waals surface area contributed by atoms with Crippen LogP contribution in [0.2, 0.25) is 0 Å². The molecule has 51 heavy (non-hydrogen) atoms. The second kappa shape index (κ2) is 12.5. The Bertz CT molecular complexity index is 2400. The van der Waals surface area contributed by atoms with E-state index in [4.69, 9.17) is 0 Å². The normalized spacial score (nSPS) is 20.5. The number of rotatable bonds is 5. The molecule has 2 saturated heterocycles. The fraction of sp³-hybridized carbons (Fsp3) is 0.163. The quantitative estimate of drug-likeness (QED) is 0.132. The minimum absolute atomic E-state index is 0.252. The Hall–Kier alpha value is -5.73. The van der Waals surface area contributed by atoms with Gasteiger partial charge in [-0.05, 0) is 68.8 Å². The maximum Gasteiger partial charge on any atom is 0.236 e. The first kappa shape index (κ1) is 30.1. The van der Waals surface area contributed by atoms with Crippen LogP contribution in [0.5, 0.6) is 0 Å². The summed E-state index contributed by atoms with van der Waals surface area (Å²) in [6, 6.07) is 64.4. The molecule has 2 nitrogen and oxygen atoms in total. The van der Waals surface area contributed by atoms with Gasteiger partial charge in [-0.25, -0.2) is 0 Å². The van der Waals surface area contributed by atoms with Gasteiger partial charge in [-0.2, -0.15) is 0 Å². The van der Waals surface area contributed by atoms with Crippen molar-refractivity contribution in [2.24, 2.45) is 0 Å². The summed E-state index contributed by atoms with van der Waals surface area (Å²) >= 11 is 0. The van der Waals surface area contributed by atoms with E-state index in [9.17, 15) is 0 Å². The molecule has 8 aromatic rings. The van der Waals surface area contributed by atoms with E-state index in [0.717, 1.165) is 25.7 Å². The number of hydrogen-bond donors (Lipinski definition) is 0. The third-order valence-electron chi connectivity index (χ3n) is 11.9. The monoisotopic (exact) mass is 657 g/mol. The second-order valence-corrected chi connectivity index (χ2v) is 14.5. The number of nitrogens with zero attached hydrogens (tertiary/aromatic N) is 2. The Labute approximate surface area is 299 Å². The number of likely N-dealkylation sites (tertiary alicyclic amines) is 1. The Morgan fingerprint density at radius 3 is 1.06 bits per heavy atom. The highest BCUT2D eigenvalue weighted by atomic mass is 15.3. The summed E-state index contributed by atoms with van der Waals surface area (Å²) in [5.41, 5.74) is 5.70. The molecule has 0 aromatic heterocycles. The van der Waals surface area contributed by atoms with Crippen molar-refractivity contribution in [2.45, 2.75) is 49.9 Å². The predicted octanol–water partition coefficient (Wildman–Crippen LogP) is 12.5. The zero-order chi connectivity index (χ0) is 33.7. The lowest BCUT2D eigenvalue weighted by atomic mass is 9.97. The van der Waals surface area contributed by atoms with Crippen LogP contribution in [-0.2, 0) is 0 Å². The van der Waals surface area contributed by atoms with Gasteiger partial charge in [0.05, 0.1) is 0 Å². The van der Waals surface area contributed by atoms with Crippen molar-refractivity contribution in [3.05, 3.63) is 192 Å². The molecule has 2 aliphatic rings. The lowest BCUT2D eigenvalue weighted by Crippen LogP contribution is -2.32. The van der Waals surface area contributed by atoms with Crippen molar-refractivity contribution in [1.82, 2.24) is 4.90 Å². The molecule has 2 fully saturated rings. The van der Waals surface area contributed by atoms with Crippen LogP contribution in [0.3, 0.4) is 0 Å². The summed E-state index contributed by atoms with van der Waals surface area (Å²) in [7, 11) is 0. The average Bonchev–Trinajstić information content (AvgIpc) is 3.81. The highest BCUT2D eigenvalue weighted by Crippen LogP contribution is 2.49. The molecule has 1 unspecified atom stereocenters. The van der Waals surface area contributed by atoms with Crippen LogP contribution in [0.15, 0.2) is 170 Å². The summed E-state index contributed by atoms with van der Waals surface area (Å²) in [6.45, 7) is 0. The first-order valence-electron chi connectivity index (χ1n) is 18.6. The van der Waals surface area contributed by atoms with Gasteiger partial charge in [-0.1, -0.05) is 170 Å². The first-order chi connectivity index (χ1) is 25.3. The SMILES string of the molecule is C(N1C(c2cccc3ccccc23)CC[C@H]1c1cccc2ccccc12)=[N+]1[C@H](c2cccc3ccccc23)CC[C@H]1c1cccc2ccccc12. The predicted molar refractivity (Wildman–Crippen MR) is 213 cm³/mol. The zero-order valence-electron chi connectivity index (χ0n) is 28.8. The van der Waals surface area contributed by atoms with Gasteiger partial charge in [0.15, 0.2) is 0 Å². The molecule has 0 radical (unpaired) electrons. The van der Waals surface area contributed by atoms with Crippen LogP contribution >= 0.6 is 0 Å². The van der Waals surface area contributed by atoms with E-state index in [1.807, 2.05) is 0 Å². The topological polar surface area (TPSA) is 6.25 Å². The van der Waals surface area contributed by atoms with E-state index < -0.39 is 0 Å². The van der Waals surface area contributed by atoms with Gasteiger partial charge in [0.2, 0.25) is 6.34 Å². The Morgan fingerprint density at radius 1 is 0.353 bits per heavy atom. The van der Waals surface area contributed by atoms with Crippen molar-refractivity contribution in [1.29, 1.82) is 0 Å². The van der Waals surface area contributed by atoms with Crippen LogP contribution in [0, 0.1) is 0 Å². The largest absolute Gasteiger partial charge is 0.254 e. The maximum absolute atomic E-state index is 2.77. The van der Waals surface area contributed by atoms with E-state index in [1.54, 1.807) is 0 Å². The van der Waals surface area contributed by atoms with Crippen molar-refractivity contribution in [3.8, 4) is 0 Å². The molecule has 0 amide bonds. The lowest BCUT2D eigenvalue weighted by Gasteiger charge is -2.28. The van der Waals surface area contributed by atoms with Crippen LogP contribution in [0.4, 0.5) is 0 Å². The Kier molecular flexibility index (Phi) is 7.41. The van der Waals surface area contributed by atoms with Gasteiger partial charge in [0.1, 0.15) is 24.2 Å². The van der Waals surface area contributed by atoms with Crippen molar-refractivity contribution >= 4 is 49.4 Å². The molecule has 0 spiro atoms. The fourth-order valence-electron chi connectivity index (χ4n) is 9.57. The van der Waals surface area contributed by atoms with Crippen LogP contribution in [0.1, 0.15) is 72.1 Å². The van der Waals surface area contributed by atoms with Gasteiger partial charge < -0.3 is 0 Å². The van der Waals surface area contributed by atoms with E-state index >= 15 is 0 Å². The summed E-state index contributed by atoms with van der Waals surface area (Å²) in [6.07, 6.45) is 7.00. The molecule has 0 bridgehead atoms. The van der Waals surface area contributed by atoms with Crippen molar-refractivity contribution in [3.63, 3.8) is 0 Å². The number of hydrogen-bond acceptors (Lipinski definition) is 0. The molecule has 2 aliphatic heterocycles. The van der Waals surface area contributed by atoms with Gasteiger partial charge >= 0.3 is 0 Å². The molecule has 10 rings (SSSR count). The minimum atomic E-state index is 0.252. The third-order valence-corrected chi connectivity index (χ3v) is 11.9. The molecular weight excluding hydrogens is 617 g/mol. The average molecular weight is 658 g/mol. The van der Waals surface area contributed by atoms with E-state index in [2.05, 4.69) is 186 Å². The number of benzene rings is 8. The molecule has 246 valence electrons. The highest BCUT2D eigenvalue weighted by Gasteiger charge is 2.44. The molecule has 0 N–H and O–H groups in total. The summed E-state index contributed by atoms with van der Waals surface area (Å²) < 4.78 is 2.77. The van der Waals surface area contributed by atoms with Crippen molar-refractivity contribution < 1.29 is 4.58 Å². The fourth-order valence-corrected chi connectivity index (χ4v) is 9.57.